The maximum absolute atomic E-state index is 10.8. The molecule has 0 saturated heterocycles. The minimum atomic E-state index is -1.04. The van der Waals surface area contributed by atoms with Crippen LogP contribution in [0.1, 0.15) is 16.1 Å². The van der Waals surface area contributed by atoms with Gasteiger partial charge in [-0.05, 0) is 7.05 Å². The molecule has 0 atom stereocenters. The minimum absolute atomic E-state index is 0.0317. The zero-order chi connectivity index (χ0) is 11.3. The third-order valence-corrected chi connectivity index (χ3v) is 1.93. The Bertz CT molecular complexity index is 343. The second-order valence-corrected chi connectivity index (χ2v) is 3.15. The van der Waals surface area contributed by atoms with Crippen molar-refractivity contribution in [1.82, 2.24) is 14.9 Å². The van der Waals surface area contributed by atoms with Crippen LogP contribution in [-0.4, -0.2) is 51.2 Å². The second kappa shape index (κ2) is 5.38. The molecule has 1 aromatic rings. The van der Waals surface area contributed by atoms with E-state index in [-0.39, 0.29) is 12.2 Å². The van der Waals surface area contributed by atoms with E-state index in [2.05, 4.69) is 9.97 Å². The Morgan fingerprint density at radius 1 is 1.60 bits per heavy atom. The molecule has 82 valence electrons. The van der Waals surface area contributed by atoms with Gasteiger partial charge in [-0.2, -0.15) is 0 Å². The Balaban J connectivity index is 2.79. The highest BCUT2D eigenvalue weighted by Gasteiger charge is 2.12. The van der Waals surface area contributed by atoms with Crippen molar-refractivity contribution >= 4 is 5.97 Å². The van der Waals surface area contributed by atoms with Gasteiger partial charge < -0.3 is 10.2 Å². The molecule has 6 nitrogen and oxygen atoms in total. The average molecular weight is 211 g/mol. The van der Waals surface area contributed by atoms with Crippen molar-refractivity contribution in [2.24, 2.45) is 0 Å². The Hall–Kier alpha value is -1.53. The van der Waals surface area contributed by atoms with E-state index in [1.54, 1.807) is 11.9 Å². The maximum Gasteiger partial charge on any atom is 0.339 e. The highest BCUT2D eigenvalue weighted by molar-refractivity contribution is 5.88. The summed E-state index contributed by atoms with van der Waals surface area (Å²) in [6.07, 6.45) is 2.59. The summed E-state index contributed by atoms with van der Waals surface area (Å²) in [4.78, 5) is 20.2. The lowest BCUT2D eigenvalue weighted by molar-refractivity contribution is 0.0693. The first-order chi connectivity index (χ1) is 7.15. The van der Waals surface area contributed by atoms with E-state index in [0.29, 0.717) is 18.8 Å². The number of carbonyl (C=O) groups is 1. The number of hydrogen-bond donors (Lipinski definition) is 2. The summed E-state index contributed by atoms with van der Waals surface area (Å²) in [5, 5.41) is 17.6. The van der Waals surface area contributed by atoms with E-state index >= 15 is 0 Å². The van der Waals surface area contributed by atoms with Crippen LogP contribution in [0.15, 0.2) is 12.5 Å². The van der Waals surface area contributed by atoms with E-state index in [1.807, 2.05) is 0 Å². The van der Waals surface area contributed by atoms with Crippen molar-refractivity contribution in [1.29, 1.82) is 0 Å². The van der Waals surface area contributed by atoms with Crippen LogP contribution >= 0.6 is 0 Å². The number of likely N-dealkylation sites (N-methyl/N-ethyl adjacent to an activating group) is 1. The number of rotatable bonds is 5. The molecule has 0 spiro atoms. The van der Waals surface area contributed by atoms with Gasteiger partial charge in [-0.3, -0.25) is 4.90 Å². The fourth-order valence-corrected chi connectivity index (χ4v) is 1.17. The number of aliphatic hydroxyl groups is 1. The van der Waals surface area contributed by atoms with Gasteiger partial charge in [0.25, 0.3) is 0 Å². The highest BCUT2D eigenvalue weighted by Crippen LogP contribution is 2.05. The average Bonchev–Trinajstić information content (AvgIpc) is 2.18. The summed E-state index contributed by atoms with van der Waals surface area (Å²) in [5.74, 6) is -1.04. The Morgan fingerprint density at radius 3 is 2.93 bits per heavy atom. The third kappa shape index (κ3) is 3.26. The molecule has 0 saturated carbocycles. The molecule has 2 N–H and O–H groups in total. The fraction of sp³-hybridized carbons (Fsp3) is 0.444. The number of carboxylic acid groups (broad SMARTS) is 1. The number of carboxylic acids is 1. The van der Waals surface area contributed by atoms with Crippen molar-refractivity contribution in [2.75, 3.05) is 20.2 Å². The third-order valence-electron chi connectivity index (χ3n) is 1.93. The van der Waals surface area contributed by atoms with E-state index in [4.69, 9.17) is 10.2 Å². The molecule has 0 radical (unpaired) electrons. The summed E-state index contributed by atoms with van der Waals surface area (Å²) >= 11 is 0. The summed E-state index contributed by atoms with van der Waals surface area (Å²) in [6.45, 7) is 0.887. The van der Waals surface area contributed by atoms with E-state index in [9.17, 15) is 4.79 Å². The molecular formula is C9H13N3O3. The zero-order valence-corrected chi connectivity index (χ0v) is 8.42. The van der Waals surface area contributed by atoms with E-state index < -0.39 is 5.97 Å². The van der Waals surface area contributed by atoms with Crippen LogP contribution in [0.3, 0.4) is 0 Å². The van der Waals surface area contributed by atoms with Crippen molar-refractivity contribution in [3.63, 3.8) is 0 Å². The minimum Gasteiger partial charge on any atom is -0.478 e. The lowest BCUT2D eigenvalue weighted by atomic mass is 10.2. The molecule has 0 bridgehead atoms. The van der Waals surface area contributed by atoms with Crippen molar-refractivity contribution in [3.05, 3.63) is 23.8 Å². The van der Waals surface area contributed by atoms with Crippen molar-refractivity contribution < 1.29 is 15.0 Å². The predicted molar refractivity (Wildman–Crippen MR) is 52.4 cm³/mol. The van der Waals surface area contributed by atoms with Crippen LogP contribution in [-0.2, 0) is 6.54 Å². The van der Waals surface area contributed by atoms with Gasteiger partial charge in [-0.25, -0.2) is 14.8 Å². The normalized spacial score (nSPS) is 10.6. The molecular weight excluding hydrogens is 198 g/mol. The van der Waals surface area contributed by atoms with Crippen molar-refractivity contribution in [2.45, 2.75) is 6.54 Å². The van der Waals surface area contributed by atoms with Gasteiger partial charge >= 0.3 is 5.97 Å². The molecule has 15 heavy (non-hydrogen) atoms. The van der Waals surface area contributed by atoms with Gasteiger partial charge in [-0.15, -0.1) is 0 Å². The van der Waals surface area contributed by atoms with Gasteiger partial charge in [0, 0.05) is 19.3 Å². The molecule has 6 heteroatoms. The van der Waals surface area contributed by atoms with E-state index in [0.717, 1.165) is 0 Å². The molecule has 1 aromatic heterocycles. The van der Waals surface area contributed by atoms with Crippen LogP contribution in [0, 0.1) is 0 Å². The smallest absolute Gasteiger partial charge is 0.339 e. The molecule has 0 aromatic carbocycles. The molecule has 0 amide bonds. The van der Waals surface area contributed by atoms with Gasteiger partial charge in [-0.1, -0.05) is 0 Å². The SMILES string of the molecule is CN(CCO)Cc1ncncc1C(=O)O. The standard InChI is InChI=1S/C9H13N3O3/c1-12(2-3-13)5-8-7(9(14)15)4-10-6-11-8/h4,6,13H,2-3,5H2,1H3,(H,14,15). The molecule has 0 aliphatic carbocycles. The molecule has 0 aliphatic heterocycles. The summed E-state index contributed by atoms with van der Waals surface area (Å²) in [5.41, 5.74) is 0.552. The monoisotopic (exact) mass is 211 g/mol. The lowest BCUT2D eigenvalue weighted by Crippen LogP contribution is -2.23. The Kier molecular flexibility index (Phi) is 4.14. The first-order valence-electron chi connectivity index (χ1n) is 4.46. The Labute approximate surface area is 87.2 Å². The number of hydrogen-bond acceptors (Lipinski definition) is 5. The number of aromatic nitrogens is 2. The van der Waals surface area contributed by atoms with Crippen LogP contribution in [0.4, 0.5) is 0 Å². The summed E-state index contributed by atoms with van der Waals surface area (Å²) < 4.78 is 0. The highest BCUT2D eigenvalue weighted by atomic mass is 16.4. The van der Waals surface area contributed by atoms with Gasteiger partial charge in [0.05, 0.1) is 12.3 Å². The zero-order valence-electron chi connectivity index (χ0n) is 8.42. The maximum atomic E-state index is 10.8. The molecule has 0 aliphatic rings. The number of aliphatic hydroxyl groups excluding tert-OH is 1. The number of nitrogens with zero attached hydrogens (tertiary/aromatic N) is 3. The van der Waals surface area contributed by atoms with E-state index in [1.165, 1.54) is 12.5 Å². The Morgan fingerprint density at radius 2 is 2.33 bits per heavy atom. The first-order valence-corrected chi connectivity index (χ1v) is 4.46. The molecule has 0 unspecified atom stereocenters. The topological polar surface area (TPSA) is 86.5 Å². The van der Waals surface area contributed by atoms with Crippen LogP contribution in [0.2, 0.25) is 0 Å². The second-order valence-electron chi connectivity index (χ2n) is 3.15. The number of aromatic carboxylic acids is 1. The first kappa shape index (κ1) is 11.5. The van der Waals surface area contributed by atoms with Crippen molar-refractivity contribution in [3.8, 4) is 0 Å². The van der Waals surface area contributed by atoms with Crippen LogP contribution < -0.4 is 0 Å². The molecule has 1 heterocycles. The van der Waals surface area contributed by atoms with Crippen LogP contribution in [0.25, 0.3) is 0 Å². The quantitative estimate of drug-likeness (QED) is 0.689. The predicted octanol–water partition coefficient (Wildman–Crippen LogP) is -0.401. The summed E-state index contributed by atoms with van der Waals surface area (Å²) in [7, 11) is 1.78. The fourth-order valence-electron chi connectivity index (χ4n) is 1.17. The lowest BCUT2D eigenvalue weighted by Gasteiger charge is -2.14. The van der Waals surface area contributed by atoms with Gasteiger partial charge in [0.2, 0.25) is 0 Å². The molecule has 1 rings (SSSR count). The van der Waals surface area contributed by atoms with Gasteiger partial charge in [0.15, 0.2) is 0 Å². The largest absolute Gasteiger partial charge is 0.478 e. The summed E-state index contributed by atoms with van der Waals surface area (Å²) in [6, 6.07) is 0. The van der Waals surface area contributed by atoms with Gasteiger partial charge in [0.1, 0.15) is 11.9 Å². The molecule has 0 fully saturated rings. The van der Waals surface area contributed by atoms with Crippen LogP contribution in [0.5, 0.6) is 0 Å².